The van der Waals surface area contributed by atoms with Crippen LogP contribution in [-0.4, -0.2) is 17.2 Å². The third kappa shape index (κ3) is 4.73. The lowest BCUT2D eigenvalue weighted by Gasteiger charge is -2.15. The van der Waals surface area contributed by atoms with Gasteiger partial charge in [-0.25, -0.2) is 0 Å². The Balaban J connectivity index is 2.78. The van der Waals surface area contributed by atoms with Crippen molar-refractivity contribution >= 4 is 17.7 Å². The highest BCUT2D eigenvalue weighted by atomic mass is 32.2. The number of rotatable bonds is 6. The quantitative estimate of drug-likeness (QED) is 0.784. The van der Waals surface area contributed by atoms with Gasteiger partial charge in [-0.15, -0.1) is 11.8 Å². The van der Waals surface area contributed by atoms with Crippen LogP contribution in [0.2, 0.25) is 0 Å². The molecule has 0 spiro atoms. The van der Waals surface area contributed by atoms with Crippen molar-refractivity contribution in [1.29, 1.82) is 0 Å². The lowest BCUT2D eigenvalue weighted by molar-refractivity contribution is 0.0935. The summed E-state index contributed by atoms with van der Waals surface area (Å²) < 4.78 is 0. The minimum absolute atomic E-state index is 0.0414. The first-order valence-electron chi connectivity index (χ1n) is 6.61. The van der Waals surface area contributed by atoms with Crippen LogP contribution in [-0.2, 0) is 0 Å². The van der Waals surface area contributed by atoms with Crippen molar-refractivity contribution < 1.29 is 4.79 Å². The minimum atomic E-state index is 0.0414. The largest absolute Gasteiger partial charge is 0.350 e. The van der Waals surface area contributed by atoms with Crippen molar-refractivity contribution in [3.8, 4) is 0 Å². The molecule has 0 unspecified atom stereocenters. The summed E-state index contributed by atoms with van der Waals surface area (Å²) in [6.07, 6.45) is 2.11. The molecule has 1 aromatic carbocycles. The van der Waals surface area contributed by atoms with Crippen molar-refractivity contribution in [1.82, 2.24) is 5.32 Å². The molecule has 0 aliphatic carbocycles. The highest BCUT2D eigenvalue weighted by Crippen LogP contribution is 2.26. The maximum absolute atomic E-state index is 12.2. The van der Waals surface area contributed by atoms with Crippen LogP contribution >= 0.6 is 11.8 Å². The Labute approximate surface area is 115 Å². The van der Waals surface area contributed by atoms with Crippen LogP contribution in [0.25, 0.3) is 0 Å². The normalized spacial score (nSPS) is 12.5. The Morgan fingerprint density at radius 1 is 1.28 bits per heavy atom. The van der Waals surface area contributed by atoms with E-state index in [1.54, 1.807) is 11.8 Å². The van der Waals surface area contributed by atoms with Gasteiger partial charge in [-0.2, -0.15) is 0 Å². The first-order chi connectivity index (χ1) is 8.54. The molecule has 3 heteroatoms. The number of benzene rings is 1. The SMILES string of the molecule is CCC[C@@H](C)NC(=O)c1ccccc1SC(C)C. The van der Waals surface area contributed by atoms with Gasteiger partial charge in [-0.05, 0) is 25.5 Å². The van der Waals surface area contributed by atoms with Crippen LogP contribution < -0.4 is 5.32 Å². The molecule has 1 rings (SSSR count). The van der Waals surface area contributed by atoms with Crippen LogP contribution in [0, 0.1) is 0 Å². The van der Waals surface area contributed by atoms with Gasteiger partial charge in [0.15, 0.2) is 0 Å². The molecule has 0 aromatic heterocycles. The maximum atomic E-state index is 12.2. The van der Waals surface area contributed by atoms with E-state index in [1.165, 1.54) is 0 Å². The number of hydrogen-bond acceptors (Lipinski definition) is 2. The van der Waals surface area contributed by atoms with E-state index in [9.17, 15) is 4.79 Å². The smallest absolute Gasteiger partial charge is 0.252 e. The van der Waals surface area contributed by atoms with Gasteiger partial charge in [0.25, 0.3) is 5.91 Å². The van der Waals surface area contributed by atoms with E-state index >= 15 is 0 Å². The summed E-state index contributed by atoms with van der Waals surface area (Å²) in [5.74, 6) is 0.0414. The summed E-state index contributed by atoms with van der Waals surface area (Å²) in [5.41, 5.74) is 0.791. The number of hydrogen-bond donors (Lipinski definition) is 1. The van der Waals surface area contributed by atoms with Crippen LogP contribution in [0.1, 0.15) is 50.9 Å². The zero-order valence-electron chi connectivity index (χ0n) is 11.7. The van der Waals surface area contributed by atoms with E-state index in [0.29, 0.717) is 5.25 Å². The van der Waals surface area contributed by atoms with Gasteiger partial charge in [-0.3, -0.25) is 4.79 Å². The molecule has 0 bridgehead atoms. The fourth-order valence-corrected chi connectivity index (χ4v) is 2.77. The molecule has 1 atom stereocenters. The summed E-state index contributed by atoms with van der Waals surface area (Å²) >= 11 is 1.73. The first-order valence-corrected chi connectivity index (χ1v) is 7.49. The molecule has 2 nitrogen and oxygen atoms in total. The van der Waals surface area contributed by atoms with E-state index < -0.39 is 0 Å². The van der Waals surface area contributed by atoms with Gasteiger partial charge in [-0.1, -0.05) is 39.3 Å². The fourth-order valence-electron chi connectivity index (χ4n) is 1.82. The standard InChI is InChI=1S/C15H23NOS/c1-5-8-12(4)16-15(17)13-9-6-7-10-14(13)18-11(2)3/h6-7,9-12H,5,8H2,1-4H3,(H,16,17)/t12-/m1/s1. The van der Waals surface area contributed by atoms with Crippen molar-refractivity contribution in [3.05, 3.63) is 29.8 Å². The van der Waals surface area contributed by atoms with E-state index in [1.807, 2.05) is 24.3 Å². The molecule has 0 aliphatic heterocycles. The summed E-state index contributed by atoms with van der Waals surface area (Å²) in [5, 5.41) is 3.54. The second kappa shape index (κ2) is 7.47. The first kappa shape index (κ1) is 15.1. The number of carbonyl (C=O) groups is 1. The zero-order valence-corrected chi connectivity index (χ0v) is 12.5. The molecule has 0 saturated carbocycles. The Kier molecular flexibility index (Phi) is 6.27. The average Bonchev–Trinajstić information content (AvgIpc) is 2.28. The summed E-state index contributed by atoms with van der Waals surface area (Å²) in [7, 11) is 0. The van der Waals surface area contributed by atoms with Gasteiger partial charge < -0.3 is 5.32 Å². The third-order valence-electron chi connectivity index (χ3n) is 2.59. The Morgan fingerprint density at radius 3 is 2.56 bits per heavy atom. The fraction of sp³-hybridized carbons (Fsp3) is 0.533. The second-order valence-corrected chi connectivity index (χ2v) is 6.44. The van der Waals surface area contributed by atoms with Gasteiger partial charge in [0.1, 0.15) is 0 Å². The van der Waals surface area contributed by atoms with Crippen molar-refractivity contribution in [2.45, 2.75) is 56.7 Å². The molecular weight excluding hydrogens is 242 g/mol. The van der Waals surface area contributed by atoms with Gasteiger partial charge in [0.05, 0.1) is 5.56 Å². The van der Waals surface area contributed by atoms with Crippen LogP contribution in [0.4, 0.5) is 0 Å². The lowest BCUT2D eigenvalue weighted by Crippen LogP contribution is -2.32. The zero-order chi connectivity index (χ0) is 13.5. The van der Waals surface area contributed by atoms with E-state index in [0.717, 1.165) is 23.3 Å². The molecule has 0 heterocycles. The number of thioether (sulfide) groups is 1. The highest BCUT2D eigenvalue weighted by molar-refractivity contribution is 8.00. The Bertz CT molecular complexity index is 390. The monoisotopic (exact) mass is 265 g/mol. The molecule has 1 aromatic rings. The minimum Gasteiger partial charge on any atom is -0.350 e. The lowest BCUT2D eigenvalue weighted by atomic mass is 10.1. The molecular formula is C15H23NOS. The topological polar surface area (TPSA) is 29.1 Å². The highest BCUT2D eigenvalue weighted by Gasteiger charge is 2.14. The molecule has 0 fully saturated rings. The van der Waals surface area contributed by atoms with E-state index in [-0.39, 0.29) is 11.9 Å². The number of carbonyl (C=O) groups excluding carboxylic acids is 1. The van der Waals surface area contributed by atoms with Crippen LogP contribution in [0.5, 0.6) is 0 Å². The van der Waals surface area contributed by atoms with Gasteiger partial charge in [0.2, 0.25) is 0 Å². The molecule has 100 valence electrons. The van der Waals surface area contributed by atoms with Crippen LogP contribution in [0.15, 0.2) is 29.2 Å². The Hall–Kier alpha value is -0.960. The van der Waals surface area contributed by atoms with E-state index in [4.69, 9.17) is 0 Å². The van der Waals surface area contributed by atoms with Crippen molar-refractivity contribution in [2.24, 2.45) is 0 Å². The second-order valence-electron chi connectivity index (χ2n) is 4.83. The molecule has 0 radical (unpaired) electrons. The summed E-state index contributed by atoms with van der Waals surface area (Å²) in [4.78, 5) is 13.3. The number of amides is 1. The number of nitrogens with one attached hydrogen (secondary N) is 1. The van der Waals surface area contributed by atoms with Gasteiger partial charge >= 0.3 is 0 Å². The molecule has 0 aliphatic rings. The summed E-state index contributed by atoms with van der Waals surface area (Å²) in [6, 6.07) is 8.06. The molecule has 18 heavy (non-hydrogen) atoms. The third-order valence-corrected chi connectivity index (χ3v) is 3.67. The van der Waals surface area contributed by atoms with E-state index in [2.05, 4.69) is 33.0 Å². The molecule has 1 N–H and O–H groups in total. The maximum Gasteiger partial charge on any atom is 0.252 e. The predicted molar refractivity (Wildman–Crippen MR) is 79.3 cm³/mol. The van der Waals surface area contributed by atoms with Crippen LogP contribution in [0.3, 0.4) is 0 Å². The predicted octanol–water partition coefficient (Wildman–Crippen LogP) is 4.11. The van der Waals surface area contributed by atoms with Gasteiger partial charge in [0, 0.05) is 16.2 Å². The molecule has 1 amide bonds. The average molecular weight is 265 g/mol. The van der Waals surface area contributed by atoms with Crippen molar-refractivity contribution in [2.75, 3.05) is 0 Å². The van der Waals surface area contributed by atoms with Crippen molar-refractivity contribution in [3.63, 3.8) is 0 Å². The summed E-state index contributed by atoms with van der Waals surface area (Å²) in [6.45, 7) is 8.46. The Morgan fingerprint density at radius 2 is 1.94 bits per heavy atom. The molecule has 0 saturated heterocycles.